The summed E-state index contributed by atoms with van der Waals surface area (Å²) in [5, 5.41) is 3.29. The van der Waals surface area contributed by atoms with Crippen molar-refractivity contribution in [2.24, 2.45) is 5.73 Å². The fraction of sp³-hybridized carbons (Fsp3) is 0.571. The largest absolute Gasteiger partial charge is 0.500 e. The third kappa shape index (κ3) is 4.97. The van der Waals surface area contributed by atoms with Gasteiger partial charge in [0.15, 0.2) is 0 Å². The maximum atomic E-state index is 6.21. The van der Waals surface area contributed by atoms with E-state index >= 15 is 0 Å². The molecule has 5 nitrogen and oxygen atoms in total. The van der Waals surface area contributed by atoms with Gasteiger partial charge in [-0.2, -0.15) is 0 Å². The highest BCUT2D eigenvalue weighted by molar-refractivity contribution is 6.60. The molecule has 3 N–H and O–H groups in total. The lowest BCUT2D eigenvalue weighted by Gasteiger charge is -2.30. The lowest BCUT2D eigenvalue weighted by Crippen LogP contribution is -2.45. The van der Waals surface area contributed by atoms with Gasteiger partial charge in [-0.15, -0.1) is 0 Å². The highest BCUT2D eigenvalue weighted by Crippen LogP contribution is 2.24. The Labute approximate surface area is 122 Å². The molecule has 1 rings (SSSR count). The maximum Gasteiger partial charge on any atom is 0.500 e. The molecule has 0 radical (unpaired) electrons. The lowest BCUT2D eigenvalue weighted by atomic mass is 10.1. The summed E-state index contributed by atoms with van der Waals surface area (Å²) in [6.45, 7) is 4.07. The molecule has 0 aliphatic heterocycles. The second-order valence-electron chi connectivity index (χ2n) is 4.45. The third-order valence-corrected chi connectivity index (χ3v) is 5.95. The van der Waals surface area contributed by atoms with Gasteiger partial charge in [0.1, 0.15) is 0 Å². The molecular formula is C14H26N2O3Si. The molecule has 0 aliphatic carbocycles. The monoisotopic (exact) mass is 298 g/mol. The summed E-state index contributed by atoms with van der Waals surface area (Å²) in [4.78, 5) is 0. The van der Waals surface area contributed by atoms with Crippen LogP contribution >= 0.6 is 0 Å². The molecule has 0 fully saturated rings. The molecule has 0 bridgehead atoms. The smallest absolute Gasteiger partial charge is 0.377 e. The number of benzene rings is 1. The highest BCUT2D eigenvalue weighted by Gasteiger charge is 2.39. The van der Waals surface area contributed by atoms with Crippen molar-refractivity contribution in [3.63, 3.8) is 0 Å². The average molecular weight is 298 g/mol. The number of hydrogen-bond acceptors (Lipinski definition) is 5. The van der Waals surface area contributed by atoms with Gasteiger partial charge >= 0.3 is 8.80 Å². The quantitative estimate of drug-likeness (QED) is 0.507. The van der Waals surface area contributed by atoms with Crippen molar-refractivity contribution in [2.75, 3.05) is 33.9 Å². The van der Waals surface area contributed by atoms with E-state index < -0.39 is 8.80 Å². The molecule has 1 unspecified atom stereocenters. The number of rotatable bonds is 10. The fourth-order valence-corrected chi connectivity index (χ4v) is 3.75. The summed E-state index contributed by atoms with van der Waals surface area (Å²) in [5.74, 6) is 0. The van der Waals surface area contributed by atoms with E-state index in [1.165, 1.54) is 0 Å². The Morgan fingerprint density at radius 2 is 1.85 bits per heavy atom. The van der Waals surface area contributed by atoms with Gasteiger partial charge in [-0.25, -0.2) is 0 Å². The first-order valence-corrected chi connectivity index (χ1v) is 8.88. The SMILES string of the molecule is CC[Si](OC)(OC)OC(CNCCN)c1ccccc1. The van der Waals surface area contributed by atoms with Crippen molar-refractivity contribution >= 4 is 8.80 Å². The minimum atomic E-state index is -2.59. The molecule has 0 aliphatic rings. The maximum absolute atomic E-state index is 6.21. The van der Waals surface area contributed by atoms with Crippen LogP contribution in [0, 0.1) is 0 Å². The van der Waals surface area contributed by atoms with Crippen LogP contribution in [0.25, 0.3) is 0 Å². The molecule has 0 amide bonds. The Kier molecular flexibility index (Phi) is 7.97. The van der Waals surface area contributed by atoms with E-state index in [4.69, 9.17) is 19.0 Å². The molecule has 0 saturated carbocycles. The Hall–Kier alpha value is -0.763. The molecule has 1 aromatic carbocycles. The first-order valence-electron chi connectivity index (χ1n) is 6.95. The van der Waals surface area contributed by atoms with Gasteiger partial charge in [0.05, 0.1) is 6.10 Å². The zero-order valence-corrected chi connectivity index (χ0v) is 13.6. The van der Waals surface area contributed by atoms with Crippen LogP contribution < -0.4 is 11.1 Å². The van der Waals surface area contributed by atoms with Gasteiger partial charge in [0, 0.05) is 39.9 Å². The standard InChI is InChI=1S/C14H26N2O3Si/c1-4-20(17-2,18-3)19-14(12-16-11-10-15)13-8-6-5-7-9-13/h5-9,14,16H,4,10-12,15H2,1-3H3. The fourth-order valence-electron chi connectivity index (χ4n) is 2.00. The van der Waals surface area contributed by atoms with Crippen LogP contribution in [0.5, 0.6) is 0 Å². The van der Waals surface area contributed by atoms with Gasteiger partial charge in [-0.05, 0) is 5.56 Å². The summed E-state index contributed by atoms with van der Waals surface area (Å²) >= 11 is 0. The second kappa shape index (κ2) is 9.22. The third-order valence-electron chi connectivity index (χ3n) is 3.20. The summed E-state index contributed by atoms with van der Waals surface area (Å²) in [5.41, 5.74) is 6.62. The molecule has 6 heteroatoms. The Morgan fingerprint density at radius 3 is 2.35 bits per heavy atom. The molecule has 1 atom stereocenters. The van der Waals surface area contributed by atoms with Crippen LogP contribution in [0.3, 0.4) is 0 Å². The van der Waals surface area contributed by atoms with Crippen molar-refractivity contribution in [1.29, 1.82) is 0 Å². The van der Waals surface area contributed by atoms with Gasteiger partial charge in [0.2, 0.25) is 0 Å². The van der Waals surface area contributed by atoms with Crippen molar-refractivity contribution in [3.8, 4) is 0 Å². The van der Waals surface area contributed by atoms with E-state index in [1.54, 1.807) is 14.2 Å². The van der Waals surface area contributed by atoms with Gasteiger partial charge in [-0.3, -0.25) is 0 Å². The van der Waals surface area contributed by atoms with Gasteiger partial charge < -0.3 is 24.3 Å². The zero-order chi connectivity index (χ0) is 14.8. The van der Waals surface area contributed by atoms with Crippen molar-refractivity contribution in [3.05, 3.63) is 35.9 Å². The topological polar surface area (TPSA) is 65.7 Å². The molecular weight excluding hydrogens is 272 g/mol. The van der Waals surface area contributed by atoms with E-state index in [0.717, 1.165) is 18.2 Å². The Morgan fingerprint density at radius 1 is 1.20 bits per heavy atom. The summed E-state index contributed by atoms with van der Waals surface area (Å²) in [6, 6.07) is 10.8. The number of nitrogens with two attached hydrogens (primary N) is 1. The lowest BCUT2D eigenvalue weighted by molar-refractivity contribution is 0.0554. The molecule has 20 heavy (non-hydrogen) atoms. The molecule has 0 heterocycles. The number of nitrogens with one attached hydrogen (secondary N) is 1. The predicted octanol–water partition coefficient (Wildman–Crippen LogP) is 1.54. The molecule has 0 saturated heterocycles. The Bertz CT molecular complexity index is 352. The van der Waals surface area contributed by atoms with Crippen LogP contribution in [-0.4, -0.2) is 42.7 Å². The van der Waals surface area contributed by atoms with E-state index in [1.807, 2.05) is 25.1 Å². The minimum absolute atomic E-state index is 0.103. The van der Waals surface area contributed by atoms with Crippen molar-refractivity contribution < 1.29 is 13.3 Å². The van der Waals surface area contributed by atoms with E-state index in [-0.39, 0.29) is 6.10 Å². The van der Waals surface area contributed by atoms with Gasteiger partial charge in [0.25, 0.3) is 0 Å². The zero-order valence-electron chi connectivity index (χ0n) is 12.6. The summed E-state index contributed by atoms with van der Waals surface area (Å²) in [7, 11) is 0.700. The van der Waals surface area contributed by atoms with Crippen LogP contribution in [0.1, 0.15) is 18.6 Å². The first kappa shape index (κ1) is 17.3. The van der Waals surface area contributed by atoms with E-state index in [2.05, 4.69) is 17.4 Å². The first-order chi connectivity index (χ1) is 9.71. The molecule has 0 spiro atoms. The average Bonchev–Trinajstić information content (AvgIpc) is 2.52. The van der Waals surface area contributed by atoms with Crippen LogP contribution in [0.4, 0.5) is 0 Å². The molecule has 114 valence electrons. The molecule has 0 aromatic heterocycles. The summed E-state index contributed by atoms with van der Waals surface area (Å²) in [6.07, 6.45) is -0.103. The minimum Gasteiger partial charge on any atom is -0.377 e. The summed E-state index contributed by atoms with van der Waals surface area (Å²) < 4.78 is 17.3. The highest BCUT2D eigenvalue weighted by atomic mass is 28.4. The second-order valence-corrected chi connectivity index (χ2v) is 7.58. The number of hydrogen-bond donors (Lipinski definition) is 2. The van der Waals surface area contributed by atoms with Crippen LogP contribution in [-0.2, 0) is 13.3 Å². The normalized spacial score (nSPS) is 13.4. The van der Waals surface area contributed by atoms with Crippen LogP contribution in [0.2, 0.25) is 6.04 Å². The Balaban J connectivity index is 2.81. The molecule has 1 aromatic rings. The van der Waals surface area contributed by atoms with Crippen LogP contribution in [0.15, 0.2) is 30.3 Å². The van der Waals surface area contributed by atoms with Crippen molar-refractivity contribution in [2.45, 2.75) is 19.1 Å². The van der Waals surface area contributed by atoms with E-state index in [0.29, 0.717) is 13.1 Å². The van der Waals surface area contributed by atoms with Crippen molar-refractivity contribution in [1.82, 2.24) is 5.32 Å². The van der Waals surface area contributed by atoms with Gasteiger partial charge in [-0.1, -0.05) is 37.3 Å². The van der Waals surface area contributed by atoms with E-state index in [9.17, 15) is 0 Å². The predicted molar refractivity (Wildman–Crippen MR) is 82.4 cm³/mol.